The molecule has 0 spiro atoms. The van der Waals surface area contributed by atoms with Crippen molar-refractivity contribution in [2.24, 2.45) is 11.8 Å². The molecule has 4 nitrogen and oxygen atoms in total. The summed E-state index contributed by atoms with van der Waals surface area (Å²) >= 11 is 1.68. The summed E-state index contributed by atoms with van der Waals surface area (Å²) in [7, 11) is 0. The maximum atomic E-state index is 12.8. The van der Waals surface area contributed by atoms with E-state index in [0.717, 1.165) is 32.2 Å². The molecular weight excluding hydrogens is 286 g/mol. The minimum Gasteiger partial charge on any atom is -0.481 e. The molecule has 1 saturated heterocycles. The van der Waals surface area contributed by atoms with Crippen molar-refractivity contribution in [3.63, 3.8) is 0 Å². The molecule has 1 unspecified atom stereocenters. The van der Waals surface area contributed by atoms with Crippen molar-refractivity contribution in [2.45, 2.75) is 44.6 Å². The number of amides is 1. The van der Waals surface area contributed by atoms with Gasteiger partial charge in [-0.2, -0.15) is 11.3 Å². The summed E-state index contributed by atoms with van der Waals surface area (Å²) < 4.78 is 0. The molecule has 1 aliphatic carbocycles. The molecule has 1 N–H and O–H groups in total. The van der Waals surface area contributed by atoms with Gasteiger partial charge in [0.05, 0.1) is 12.0 Å². The first kappa shape index (κ1) is 14.6. The van der Waals surface area contributed by atoms with E-state index in [1.165, 1.54) is 5.56 Å². The Morgan fingerprint density at radius 1 is 1.14 bits per heavy atom. The van der Waals surface area contributed by atoms with Crippen LogP contribution in [0.3, 0.4) is 0 Å². The topological polar surface area (TPSA) is 57.6 Å². The predicted octanol–water partition coefficient (Wildman–Crippen LogP) is 3.30. The van der Waals surface area contributed by atoms with Gasteiger partial charge in [-0.3, -0.25) is 9.59 Å². The zero-order valence-corrected chi connectivity index (χ0v) is 12.8. The largest absolute Gasteiger partial charge is 0.481 e. The van der Waals surface area contributed by atoms with Crippen LogP contribution >= 0.6 is 11.3 Å². The molecule has 0 radical (unpaired) electrons. The highest BCUT2D eigenvalue weighted by atomic mass is 32.1. The van der Waals surface area contributed by atoms with Crippen molar-refractivity contribution in [3.8, 4) is 0 Å². The van der Waals surface area contributed by atoms with Crippen LogP contribution in [0.15, 0.2) is 16.8 Å². The van der Waals surface area contributed by atoms with E-state index >= 15 is 0 Å². The van der Waals surface area contributed by atoms with Gasteiger partial charge in [-0.25, -0.2) is 0 Å². The average molecular weight is 307 g/mol. The lowest BCUT2D eigenvalue weighted by Crippen LogP contribution is -2.37. The minimum absolute atomic E-state index is 0.0276. The summed E-state index contributed by atoms with van der Waals surface area (Å²) in [5, 5.41) is 13.2. The van der Waals surface area contributed by atoms with Gasteiger partial charge in [0, 0.05) is 12.5 Å². The van der Waals surface area contributed by atoms with E-state index in [9.17, 15) is 9.59 Å². The van der Waals surface area contributed by atoms with Gasteiger partial charge in [-0.05, 0) is 60.9 Å². The average Bonchev–Trinajstić information content (AvgIpc) is 3.17. The number of rotatable bonds is 3. The van der Waals surface area contributed by atoms with Gasteiger partial charge in [0.1, 0.15) is 0 Å². The molecule has 1 aromatic heterocycles. The molecule has 1 aromatic rings. The molecule has 5 heteroatoms. The Kier molecular flexibility index (Phi) is 4.29. The van der Waals surface area contributed by atoms with Crippen LogP contribution < -0.4 is 0 Å². The van der Waals surface area contributed by atoms with Gasteiger partial charge in [0.2, 0.25) is 5.91 Å². The monoisotopic (exact) mass is 307 g/mol. The minimum atomic E-state index is -0.710. The van der Waals surface area contributed by atoms with Crippen LogP contribution in [-0.4, -0.2) is 28.4 Å². The number of carboxylic acid groups (broad SMARTS) is 1. The molecule has 2 fully saturated rings. The maximum absolute atomic E-state index is 12.8. The summed E-state index contributed by atoms with van der Waals surface area (Å²) in [6, 6.07) is 2.35. The summed E-state index contributed by atoms with van der Waals surface area (Å²) in [6.07, 6.45) is 4.85. The number of carboxylic acids is 1. The van der Waals surface area contributed by atoms with Crippen LogP contribution in [0.1, 0.15) is 50.1 Å². The van der Waals surface area contributed by atoms with Gasteiger partial charge < -0.3 is 10.0 Å². The standard InChI is InChI=1S/C16H21NO3S/c18-15(11-3-5-12(6-4-11)16(19)20)17-8-1-2-14(17)13-7-9-21-10-13/h7,9-12,14H,1-6,8H2,(H,19,20). The Balaban J connectivity index is 1.64. The molecule has 2 aliphatic rings. The number of aliphatic carboxylic acids is 1. The van der Waals surface area contributed by atoms with Crippen molar-refractivity contribution >= 4 is 23.2 Å². The predicted molar refractivity (Wildman–Crippen MR) is 81.1 cm³/mol. The molecule has 1 aliphatic heterocycles. The van der Waals surface area contributed by atoms with Crippen LogP contribution in [0.5, 0.6) is 0 Å². The van der Waals surface area contributed by atoms with Crippen LogP contribution in [0, 0.1) is 11.8 Å². The lowest BCUT2D eigenvalue weighted by Gasteiger charge is -2.32. The lowest BCUT2D eigenvalue weighted by molar-refractivity contribution is -0.146. The molecule has 21 heavy (non-hydrogen) atoms. The highest BCUT2D eigenvalue weighted by Crippen LogP contribution is 2.37. The fourth-order valence-electron chi connectivity index (χ4n) is 3.66. The molecule has 2 heterocycles. The number of carbonyl (C=O) groups excluding carboxylic acids is 1. The fraction of sp³-hybridized carbons (Fsp3) is 0.625. The third-order valence-electron chi connectivity index (χ3n) is 4.89. The number of thiophene rings is 1. The Morgan fingerprint density at radius 2 is 1.86 bits per heavy atom. The first-order valence-corrected chi connectivity index (χ1v) is 8.66. The number of carbonyl (C=O) groups is 2. The summed E-state index contributed by atoms with van der Waals surface area (Å²) in [4.78, 5) is 25.8. The summed E-state index contributed by atoms with van der Waals surface area (Å²) in [6.45, 7) is 0.845. The molecule has 1 atom stereocenters. The van der Waals surface area contributed by atoms with E-state index in [0.29, 0.717) is 12.8 Å². The zero-order valence-electron chi connectivity index (χ0n) is 12.0. The van der Waals surface area contributed by atoms with E-state index in [1.54, 1.807) is 11.3 Å². The van der Waals surface area contributed by atoms with E-state index in [1.807, 2.05) is 4.90 Å². The maximum Gasteiger partial charge on any atom is 0.306 e. The highest BCUT2D eigenvalue weighted by molar-refractivity contribution is 7.07. The quantitative estimate of drug-likeness (QED) is 0.932. The van der Waals surface area contributed by atoms with Crippen molar-refractivity contribution in [1.82, 2.24) is 4.90 Å². The van der Waals surface area contributed by atoms with Crippen molar-refractivity contribution in [1.29, 1.82) is 0 Å². The first-order chi connectivity index (χ1) is 10.2. The number of likely N-dealkylation sites (tertiary alicyclic amines) is 1. The van der Waals surface area contributed by atoms with E-state index in [2.05, 4.69) is 16.8 Å². The van der Waals surface area contributed by atoms with Crippen LogP contribution in [0.4, 0.5) is 0 Å². The first-order valence-electron chi connectivity index (χ1n) is 7.72. The SMILES string of the molecule is O=C(O)C1CCC(C(=O)N2CCCC2c2ccsc2)CC1. The van der Waals surface area contributed by atoms with E-state index in [-0.39, 0.29) is 23.8 Å². The van der Waals surface area contributed by atoms with E-state index < -0.39 is 5.97 Å². The lowest BCUT2D eigenvalue weighted by atomic mass is 9.81. The Morgan fingerprint density at radius 3 is 2.48 bits per heavy atom. The third-order valence-corrected chi connectivity index (χ3v) is 5.59. The molecule has 0 aromatic carbocycles. The molecular formula is C16H21NO3S. The van der Waals surface area contributed by atoms with Crippen molar-refractivity contribution in [2.75, 3.05) is 6.54 Å². The summed E-state index contributed by atoms with van der Waals surface area (Å²) in [5.41, 5.74) is 1.25. The fourth-order valence-corrected chi connectivity index (χ4v) is 4.37. The van der Waals surface area contributed by atoms with Gasteiger partial charge in [0.15, 0.2) is 0 Å². The normalized spacial score (nSPS) is 29.5. The van der Waals surface area contributed by atoms with Crippen LogP contribution in [0.25, 0.3) is 0 Å². The van der Waals surface area contributed by atoms with Gasteiger partial charge in [-0.15, -0.1) is 0 Å². The molecule has 0 bridgehead atoms. The molecule has 1 saturated carbocycles. The summed E-state index contributed by atoms with van der Waals surface area (Å²) in [5.74, 6) is -0.689. The second-order valence-corrected chi connectivity index (χ2v) is 6.91. The Labute approximate surface area is 128 Å². The van der Waals surface area contributed by atoms with Gasteiger partial charge in [-0.1, -0.05) is 0 Å². The molecule has 1 amide bonds. The second kappa shape index (κ2) is 6.18. The zero-order chi connectivity index (χ0) is 14.8. The van der Waals surface area contributed by atoms with Crippen LogP contribution in [-0.2, 0) is 9.59 Å². The Bertz CT molecular complexity index is 506. The third kappa shape index (κ3) is 2.98. The molecule has 114 valence electrons. The smallest absolute Gasteiger partial charge is 0.306 e. The van der Waals surface area contributed by atoms with Crippen LogP contribution in [0.2, 0.25) is 0 Å². The number of nitrogens with zero attached hydrogens (tertiary/aromatic N) is 1. The molecule has 3 rings (SSSR count). The Hall–Kier alpha value is -1.36. The van der Waals surface area contributed by atoms with Crippen molar-refractivity contribution < 1.29 is 14.7 Å². The number of hydrogen-bond donors (Lipinski definition) is 1. The van der Waals surface area contributed by atoms with E-state index in [4.69, 9.17) is 5.11 Å². The highest BCUT2D eigenvalue weighted by Gasteiger charge is 2.36. The second-order valence-electron chi connectivity index (χ2n) is 6.13. The van der Waals surface area contributed by atoms with Crippen molar-refractivity contribution in [3.05, 3.63) is 22.4 Å². The number of hydrogen-bond acceptors (Lipinski definition) is 3. The van der Waals surface area contributed by atoms with Gasteiger partial charge >= 0.3 is 5.97 Å². The van der Waals surface area contributed by atoms with Gasteiger partial charge in [0.25, 0.3) is 0 Å².